The predicted molar refractivity (Wildman–Crippen MR) is 168 cm³/mol. The normalized spacial score (nSPS) is 22.7. The summed E-state index contributed by atoms with van der Waals surface area (Å²) in [6.45, 7) is 6.50. The van der Waals surface area contributed by atoms with Crippen molar-refractivity contribution in [1.82, 2.24) is 0 Å². The fourth-order valence-corrected chi connectivity index (χ4v) is 6.34. The Balaban J connectivity index is 1.59. The van der Waals surface area contributed by atoms with E-state index in [0.717, 1.165) is 44.1 Å². The van der Waals surface area contributed by atoms with Crippen molar-refractivity contribution in [3.63, 3.8) is 0 Å². The lowest BCUT2D eigenvalue weighted by molar-refractivity contribution is -0.0603. The Labute approximate surface area is 250 Å². The van der Waals surface area contributed by atoms with Gasteiger partial charge in [-0.15, -0.1) is 0 Å². The number of ether oxygens (including phenoxy) is 2. The number of benzene rings is 3. The second-order valence-corrected chi connectivity index (χ2v) is 11.6. The molecule has 4 heteroatoms. The van der Waals surface area contributed by atoms with Crippen molar-refractivity contribution < 1.29 is 19.1 Å². The van der Waals surface area contributed by atoms with Gasteiger partial charge in [-0.2, -0.15) is 0 Å². The summed E-state index contributed by atoms with van der Waals surface area (Å²) >= 11 is 0. The number of esters is 2. The fourth-order valence-electron chi connectivity index (χ4n) is 6.34. The molecule has 2 aliphatic rings. The van der Waals surface area contributed by atoms with Gasteiger partial charge in [-0.05, 0) is 66.6 Å². The highest BCUT2D eigenvalue weighted by Gasteiger charge is 2.48. The largest absolute Gasteiger partial charge is 0.454 e. The highest BCUT2D eigenvalue weighted by Crippen LogP contribution is 2.48. The molecule has 3 aromatic carbocycles. The molecule has 0 saturated heterocycles. The first-order valence-electron chi connectivity index (χ1n) is 15.5. The van der Waals surface area contributed by atoms with E-state index < -0.39 is 24.1 Å². The van der Waals surface area contributed by atoms with Crippen LogP contribution in [0.4, 0.5) is 0 Å². The van der Waals surface area contributed by atoms with Crippen LogP contribution in [0.3, 0.4) is 0 Å². The van der Waals surface area contributed by atoms with Gasteiger partial charge in [0.2, 0.25) is 0 Å². The van der Waals surface area contributed by atoms with Crippen LogP contribution in [0.2, 0.25) is 0 Å². The second kappa shape index (κ2) is 13.8. The monoisotopic (exact) mass is 562 g/mol. The quantitative estimate of drug-likeness (QED) is 0.219. The SMILES string of the molecule is CCCCC1=CC([C@H]2c3cc(CCCC)ccc3[C@H](C)C(OC(=O)c3ccccc3)C2OC(=O)c2ccccc2)C=C1. The molecule has 0 radical (unpaired) electrons. The van der Waals surface area contributed by atoms with Gasteiger partial charge in [0.1, 0.15) is 12.2 Å². The molecule has 5 atom stereocenters. The van der Waals surface area contributed by atoms with E-state index in [1.807, 2.05) is 36.4 Å². The van der Waals surface area contributed by atoms with E-state index in [-0.39, 0.29) is 17.8 Å². The number of rotatable bonds is 11. The Hall–Kier alpha value is -3.92. The molecule has 0 fully saturated rings. The molecule has 4 nitrogen and oxygen atoms in total. The maximum Gasteiger partial charge on any atom is 0.338 e. The number of fused-ring (bicyclic) bond motifs is 1. The van der Waals surface area contributed by atoms with Gasteiger partial charge in [0.25, 0.3) is 0 Å². The standard InChI is InChI=1S/C38H42O4/c1-4-6-14-27-20-22-31(24-27)34-33-25-28(15-7-5-2)21-23-32(33)26(3)35(41-37(39)29-16-10-8-11-17-29)36(34)42-38(40)30-18-12-9-13-19-30/h8-13,16-26,31,34-36H,4-7,14-15H2,1-3H3/t26-,31?,34-,35?,36?/m0/s1. The average molecular weight is 563 g/mol. The number of hydrogen-bond acceptors (Lipinski definition) is 4. The van der Waals surface area contributed by atoms with Crippen molar-refractivity contribution in [2.45, 2.75) is 83.3 Å². The fraction of sp³-hybridized carbons (Fsp3) is 0.368. The first-order chi connectivity index (χ1) is 20.5. The molecule has 0 bridgehead atoms. The number of unbranched alkanes of at least 4 members (excludes halogenated alkanes) is 2. The zero-order valence-electron chi connectivity index (χ0n) is 25.0. The average Bonchev–Trinajstić information content (AvgIpc) is 3.50. The van der Waals surface area contributed by atoms with Crippen molar-refractivity contribution in [3.8, 4) is 0 Å². The van der Waals surface area contributed by atoms with Crippen molar-refractivity contribution >= 4 is 11.9 Å². The van der Waals surface area contributed by atoms with Crippen molar-refractivity contribution in [2.24, 2.45) is 5.92 Å². The predicted octanol–water partition coefficient (Wildman–Crippen LogP) is 8.98. The van der Waals surface area contributed by atoms with Crippen LogP contribution < -0.4 is 0 Å². The van der Waals surface area contributed by atoms with Crippen LogP contribution in [0.1, 0.15) is 102 Å². The molecule has 0 spiro atoms. The smallest absolute Gasteiger partial charge is 0.338 e. The van der Waals surface area contributed by atoms with Crippen LogP contribution in [0, 0.1) is 5.92 Å². The minimum Gasteiger partial charge on any atom is -0.454 e. The molecule has 3 unspecified atom stereocenters. The zero-order chi connectivity index (χ0) is 29.5. The molecule has 0 heterocycles. The highest BCUT2D eigenvalue weighted by molar-refractivity contribution is 5.90. The van der Waals surface area contributed by atoms with Crippen molar-refractivity contribution in [1.29, 1.82) is 0 Å². The molecule has 3 aromatic rings. The molecule has 0 saturated carbocycles. The van der Waals surface area contributed by atoms with E-state index in [2.05, 4.69) is 57.2 Å². The van der Waals surface area contributed by atoms with Crippen molar-refractivity contribution in [2.75, 3.05) is 0 Å². The van der Waals surface area contributed by atoms with Crippen LogP contribution in [-0.4, -0.2) is 24.1 Å². The van der Waals surface area contributed by atoms with Crippen LogP contribution >= 0.6 is 0 Å². The second-order valence-electron chi connectivity index (χ2n) is 11.6. The molecule has 0 aliphatic heterocycles. The Bertz CT molecular complexity index is 1420. The summed E-state index contributed by atoms with van der Waals surface area (Å²) in [7, 11) is 0. The highest BCUT2D eigenvalue weighted by atomic mass is 16.6. The van der Waals surface area contributed by atoms with Crippen LogP contribution in [0.15, 0.2) is 103 Å². The van der Waals surface area contributed by atoms with Gasteiger partial charge in [0, 0.05) is 17.8 Å². The molecule has 2 aliphatic carbocycles. The Kier molecular flexibility index (Phi) is 9.74. The summed E-state index contributed by atoms with van der Waals surface area (Å²) in [4.78, 5) is 27.1. The molecule has 218 valence electrons. The third-order valence-corrected chi connectivity index (χ3v) is 8.67. The summed E-state index contributed by atoms with van der Waals surface area (Å²) in [5.41, 5.74) is 5.92. The maximum absolute atomic E-state index is 13.6. The van der Waals surface area contributed by atoms with Gasteiger partial charge in [0.15, 0.2) is 0 Å². The van der Waals surface area contributed by atoms with Crippen LogP contribution in [-0.2, 0) is 15.9 Å². The number of hydrogen-bond donors (Lipinski definition) is 0. The van der Waals surface area contributed by atoms with Gasteiger partial charge in [-0.25, -0.2) is 9.59 Å². The van der Waals surface area contributed by atoms with Crippen LogP contribution in [0.5, 0.6) is 0 Å². The molecule has 0 amide bonds. The minimum absolute atomic E-state index is 0.0241. The Morgan fingerprint density at radius 3 is 1.93 bits per heavy atom. The summed E-state index contributed by atoms with van der Waals surface area (Å²) < 4.78 is 12.7. The van der Waals surface area contributed by atoms with Gasteiger partial charge in [-0.3, -0.25) is 0 Å². The molecule has 0 aromatic heterocycles. The zero-order valence-corrected chi connectivity index (χ0v) is 25.0. The molecular formula is C38H42O4. The van der Waals surface area contributed by atoms with Crippen molar-refractivity contribution in [3.05, 3.63) is 130 Å². The summed E-state index contributed by atoms with van der Waals surface area (Å²) in [5.74, 6) is -1.13. The van der Waals surface area contributed by atoms with Gasteiger partial charge in [0.05, 0.1) is 11.1 Å². The van der Waals surface area contributed by atoms with Crippen LogP contribution in [0.25, 0.3) is 0 Å². The number of aryl methyl sites for hydroxylation is 1. The van der Waals surface area contributed by atoms with Gasteiger partial charge in [-0.1, -0.05) is 112 Å². The summed E-state index contributed by atoms with van der Waals surface area (Å²) in [6.07, 6.45) is 12.0. The molecule has 0 N–H and O–H groups in total. The number of carbonyl (C=O) groups excluding carboxylic acids is 2. The lowest BCUT2D eigenvalue weighted by Crippen LogP contribution is -2.48. The number of allylic oxidation sites excluding steroid dienone is 4. The Morgan fingerprint density at radius 2 is 1.31 bits per heavy atom. The molecular weight excluding hydrogens is 520 g/mol. The Morgan fingerprint density at radius 1 is 0.714 bits per heavy atom. The van der Waals surface area contributed by atoms with Gasteiger partial charge < -0.3 is 9.47 Å². The lowest BCUT2D eigenvalue weighted by atomic mass is 9.68. The number of carbonyl (C=O) groups is 2. The van der Waals surface area contributed by atoms with E-state index in [0.29, 0.717) is 11.1 Å². The third-order valence-electron chi connectivity index (χ3n) is 8.67. The van der Waals surface area contributed by atoms with E-state index >= 15 is 0 Å². The lowest BCUT2D eigenvalue weighted by Gasteiger charge is -2.43. The topological polar surface area (TPSA) is 52.6 Å². The maximum atomic E-state index is 13.6. The van der Waals surface area contributed by atoms with E-state index in [9.17, 15) is 9.59 Å². The third kappa shape index (κ3) is 6.59. The first-order valence-corrected chi connectivity index (χ1v) is 15.5. The van der Waals surface area contributed by atoms with E-state index in [4.69, 9.17) is 9.47 Å². The first kappa shape index (κ1) is 29.6. The van der Waals surface area contributed by atoms with E-state index in [1.165, 1.54) is 16.7 Å². The van der Waals surface area contributed by atoms with E-state index in [1.54, 1.807) is 24.3 Å². The molecule has 5 rings (SSSR count). The minimum atomic E-state index is -0.661. The summed E-state index contributed by atoms with van der Waals surface area (Å²) in [6, 6.07) is 24.9. The summed E-state index contributed by atoms with van der Waals surface area (Å²) in [5, 5.41) is 0. The van der Waals surface area contributed by atoms with Gasteiger partial charge >= 0.3 is 11.9 Å². The molecule has 42 heavy (non-hydrogen) atoms.